The second-order valence-electron chi connectivity index (χ2n) is 3.91. The van der Waals surface area contributed by atoms with E-state index in [0.29, 0.717) is 6.61 Å². The molecule has 0 unspecified atom stereocenters. The van der Waals surface area contributed by atoms with E-state index < -0.39 is 5.79 Å². The highest BCUT2D eigenvalue weighted by molar-refractivity contribution is 9.11. The summed E-state index contributed by atoms with van der Waals surface area (Å²) in [6, 6.07) is 6.01. The highest BCUT2D eigenvalue weighted by Gasteiger charge is 2.27. The molecule has 1 aliphatic rings. The first-order valence-electron chi connectivity index (χ1n) is 4.84. The summed E-state index contributed by atoms with van der Waals surface area (Å²) in [6.45, 7) is 4.43. The molecular formula is C12H13BrO2. The largest absolute Gasteiger partial charge is 0.463 e. The zero-order valence-electron chi connectivity index (χ0n) is 8.79. The standard InChI is InChI=1S/C12H13BrO2/c1-12(2)14-8-10-9(6-7-13)4-3-5-11(10)15-12/h3-7H,8H2,1-2H3/b7-6-. The van der Waals surface area contributed by atoms with Gasteiger partial charge in [-0.2, -0.15) is 0 Å². The van der Waals surface area contributed by atoms with Crippen molar-refractivity contribution in [1.82, 2.24) is 0 Å². The van der Waals surface area contributed by atoms with Crippen molar-refractivity contribution in [2.24, 2.45) is 0 Å². The van der Waals surface area contributed by atoms with Gasteiger partial charge in [0.2, 0.25) is 5.79 Å². The highest BCUT2D eigenvalue weighted by Crippen LogP contribution is 2.33. The molecule has 0 fully saturated rings. The number of hydrogen-bond acceptors (Lipinski definition) is 2. The maximum atomic E-state index is 5.73. The van der Waals surface area contributed by atoms with E-state index in [9.17, 15) is 0 Å². The molecule has 80 valence electrons. The zero-order chi connectivity index (χ0) is 10.9. The van der Waals surface area contributed by atoms with Gasteiger partial charge in [-0.3, -0.25) is 0 Å². The van der Waals surface area contributed by atoms with E-state index in [1.807, 2.05) is 43.1 Å². The summed E-state index contributed by atoms with van der Waals surface area (Å²) in [5.41, 5.74) is 2.23. The molecule has 0 atom stereocenters. The van der Waals surface area contributed by atoms with Crippen LogP contribution in [0.25, 0.3) is 6.08 Å². The van der Waals surface area contributed by atoms with Crippen LogP contribution < -0.4 is 4.74 Å². The highest BCUT2D eigenvalue weighted by atomic mass is 79.9. The molecule has 0 aliphatic carbocycles. The molecule has 0 saturated carbocycles. The lowest BCUT2D eigenvalue weighted by Crippen LogP contribution is -2.35. The van der Waals surface area contributed by atoms with Crippen molar-refractivity contribution >= 4 is 22.0 Å². The maximum absolute atomic E-state index is 5.73. The summed E-state index contributed by atoms with van der Waals surface area (Å²) in [4.78, 5) is 1.84. The average Bonchev–Trinajstić information content (AvgIpc) is 2.16. The van der Waals surface area contributed by atoms with Crippen LogP contribution in [-0.4, -0.2) is 5.79 Å². The average molecular weight is 269 g/mol. The Labute approximate surface area is 98.0 Å². The minimum absolute atomic E-state index is 0.524. The minimum Gasteiger partial charge on any atom is -0.463 e. The summed E-state index contributed by atoms with van der Waals surface area (Å²) in [6.07, 6.45) is 1.99. The number of fused-ring (bicyclic) bond motifs is 1. The second-order valence-corrected chi connectivity index (χ2v) is 4.44. The predicted molar refractivity (Wildman–Crippen MR) is 63.9 cm³/mol. The maximum Gasteiger partial charge on any atom is 0.205 e. The molecule has 2 nitrogen and oxygen atoms in total. The zero-order valence-corrected chi connectivity index (χ0v) is 10.4. The molecule has 15 heavy (non-hydrogen) atoms. The molecule has 0 saturated heterocycles. The van der Waals surface area contributed by atoms with Gasteiger partial charge in [0.05, 0.1) is 6.61 Å². The SMILES string of the molecule is CC1(C)OCc2c(/C=C\Br)cccc2O1. The Morgan fingerprint density at radius 3 is 2.93 bits per heavy atom. The second kappa shape index (κ2) is 3.99. The lowest BCUT2D eigenvalue weighted by atomic mass is 10.1. The molecule has 1 aliphatic heterocycles. The Balaban J connectivity index is 2.42. The smallest absolute Gasteiger partial charge is 0.205 e. The molecule has 0 bridgehead atoms. The number of ether oxygens (including phenoxy) is 2. The number of hydrogen-bond donors (Lipinski definition) is 0. The van der Waals surface area contributed by atoms with Crippen LogP contribution in [0.2, 0.25) is 0 Å². The molecule has 2 rings (SSSR count). The summed E-state index contributed by atoms with van der Waals surface area (Å²) < 4.78 is 11.3. The molecule has 1 aromatic rings. The monoisotopic (exact) mass is 268 g/mol. The number of rotatable bonds is 1. The third kappa shape index (κ3) is 2.24. The third-order valence-corrected chi connectivity index (χ3v) is 2.60. The molecule has 0 radical (unpaired) electrons. The van der Waals surface area contributed by atoms with Gasteiger partial charge in [0, 0.05) is 19.4 Å². The van der Waals surface area contributed by atoms with E-state index in [0.717, 1.165) is 16.9 Å². The predicted octanol–water partition coefficient (Wildman–Crippen LogP) is 3.70. The van der Waals surface area contributed by atoms with Gasteiger partial charge < -0.3 is 9.47 Å². The molecule has 0 N–H and O–H groups in total. The molecule has 0 aromatic heterocycles. The van der Waals surface area contributed by atoms with Gasteiger partial charge in [0.25, 0.3) is 0 Å². The van der Waals surface area contributed by atoms with E-state index in [4.69, 9.17) is 9.47 Å². The summed E-state index contributed by atoms with van der Waals surface area (Å²) in [5, 5.41) is 0. The molecule has 3 heteroatoms. The third-order valence-electron chi connectivity index (χ3n) is 2.33. The van der Waals surface area contributed by atoms with Crippen LogP contribution >= 0.6 is 15.9 Å². The van der Waals surface area contributed by atoms with E-state index in [2.05, 4.69) is 15.9 Å². The van der Waals surface area contributed by atoms with Crippen LogP contribution in [0.5, 0.6) is 5.75 Å². The van der Waals surface area contributed by atoms with Crippen molar-refractivity contribution in [3.05, 3.63) is 34.3 Å². The Bertz CT molecular complexity index is 397. The Hall–Kier alpha value is -0.800. The van der Waals surface area contributed by atoms with Crippen molar-refractivity contribution in [2.45, 2.75) is 26.2 Å². The van der Waals surface area contributed by atoms with Crippen molar-refractivity contribution in [1.29, 1.82) is 0 Å². The molecular weight excluding hydrogens is 256 g/mol. The fraction of sp³-hybridized carbons (Fsp3) is 0.333. The van der Waals surface area contributed by atoms with Gasteiger partial charge >= 0.3 is 0 Å². The summed E-state index contributed by atoms with van der Waals surface area (Å²) in [5.74, 6) is 0.387. The van der Waals surface area contributed by atoms with Crippen molar-refractivity contribution in [3.63, 3.8) is 0 Å². The van der Waals surface area contributed by atoms with E-state index in [1.165, 1.54) is 0 Å². The molecule has 1 heterocycles. The first-order chi connectivity index (χ1) is 7.12. The van der Waals surface area contributed by atoms with Crippen LogP contribution in [0, 0.1) is 0 Å². The Morgan fingerprint density at radius 1 is 1.40 bits per heavy atom. The number of halogens is 1. The first-order valence-corrected chi connectivity index (χ1v) is 5.75. The normalized spacial score (nSPS) is 18.6. The van der Waals surface area contributed by atoms with Gasteiger partial charge in [0.1, 0.15) is 5.75 Å². The van der Waals surface area contributed by atoms with E-state index >= 15 is 0 Å². The lowest BCUT2D eigenvalue weighted by Gasteiger charge is -2.33. The van der Waals surface area contributed by atoms with Gasteiger partial charge in [-0.1, -0.05) is 28.1 Å². The fourth-order valence-corrected chi connectivity index (χ4v) is 1.88. The lowest BCUT2D eigenvalue weighted by molar-refractivity contribution is -0.180. The van der Waals surface area contributed by atoms with Crippen LogP contribution in [0.15, 0.2) is 23.2 Å². The van der Waals surface area contributed by atoms with Crippen LogP contribution in [0.4, 0.5) is 0 Å². The quantitative estimate of drug-likeness (QED) is 0.774. The van der Waals surface area contributed by atoms with Crippen molar-refractivity contribution < 1.29 is 9.47 Å². The Morgan fingerprint density at radius 2 is 2.20 bits per heavy atom. The van der Waals surface area contributed by atoms with E-state index in [1.54, 1.807) is 0 Å². The first kappa shape index (κ1) is 10.7. The van der Waals surface area contributed by atoms with Gasteiger partial charge in [-0.25, -0.2) is 0 Å². The van der Waals surface area contributed by atoms with Crippen LogP contribution in [-0.2, 0) is 11.3 Å². The molecule has 0 spiro atoms. The number of benzene rings is 1. The van der Waals surface area contributed by atoms with Gasteiger partial charge in [-0.05, 0) is 22.7 Å². The minimum atomic E-state index is -0.524. The van der Waals surface area contributed by atoms with Gasteiger partial charge in [-0.15, -0.1) is 0 Å². The molecule has 0 amide bonds. The fourth-order valence-electron chi connectivity index (χ4n) is 1.60. The van der Waals surface area contributed by atoms with Gasteiger partial charge in [0.15, 0.2) is 0 Å². The molecule has 1 aromatic carbocycles. The van der Waals surface area contributed by atoms with Crippen molar-refractivity contribution in [3.8, 4) is 5.75 Å². The van der Waals surface area contributed by atoms with Crippen LogP contribution in [0.3, 0.4) is 0 Å². The summed E-state index contributed by atoms with van der Waals surface area (Å²) in [7, 11) is 0. The topological polar surface area (TPSA) is 18.5 Å². The Kier molecular flexibility index (Phi) is 2.85. The van der Waals surface area contributed by atoms with E-state index in [-0.39, 0.29) is 0 Å². The summed E-state index contributed by atoms with van der Waals surface area (Å²) >= 11 is 3.27. The van der Waals surface area contributed by atoms with Crippen molar-refractivity contribution in [2.75, 3.05) is 0 Å². The van der Waals surface area contributed by atoms with Crippen LogP contribution in [0.1, 0.15) is 25.0 Å².